The highest BCUT2D eigenvalue weighted by atomic mass is 16.5. The number of hydrogen-bond acceptors (Lipinski definition) is 8. The van der Waals surface area contributed by atoms with Gasteiger partial charge in [0.1, 0.15) is 0 Å². The van der Waals surface area contributed by atoms with Gasteiger partial charge in [0.15, 0.2) is 11.5 Å². The Morgan fingerprint density at radius 2 is 1.79 bits per heavy atom. The summed E-state index contributed by atoms with van der Waals surface area (Å²) < 4.78 is 27.8. The summed E-state index contributed by atoms with van der Waals surface area (Å²) in [6.45, 7) is 11.8. The largest absolute Gasteiger partial charge is 0.493 e. The van der Waals surface area contributed by atoms with Gasteiger partial charge in [0.05, 0.1) is 52.9 Å². The van der Waals surface area contributed by atoms with Crippen molar-refractivity contribution in [3.05, 3.63) is 17.7 Å². The number of aliphatic hydroxyl groups excluding tert-OH is 1. The first kappa shape index (κ1) is 28.2. The predicted molar refractivity (Wildman–Crippen MR) is 130 cm³/mol. The number of nitrogens with zero attached hydrogens (tertiary/aromatic N) is 2. The van der Waals surface area contributed by atoms with Crippen LogP contribution in [0.5, 0.6) is 17.2 Å². The van der Waals surface area contributed by atoms with E-state index >= 15 is 0 Å². The van der Waals surface area contributed by atoms with E-state index in [-0.39, 0.29) is 24.0 Å². The number of benzene rings is 1. The van der Waals surface area contributed by atoms with Crippen LogP contribution >= 0.6 is 0 Å². The molecule has 0 unspecified atom stereocenters. The van der Waals surface area contributed by atoms with E-state index in [2.05, 4.69) is 18.7 Å². The highest BCUT2D eigenvalue weighted by molar-refractivity contribution is 5.95. The van der Waals surface area contributed by atoms with Gasteiger partial charge in [-0.2, -0.15) is 0 Å². The van der Waals surface area contributed by atoms with Gasteiger partial charge in [-0.25, -0.2) is 0 Å². The lowest BCUT2D eigenvalue weighted by Crippen LogP contribution is -2.51. The van der Waals surface area contributed by atoms with Crippen molar-refractivity contribution in [2.24, 2.45) is 5.92 Å². The van der Waals surface area contributed by atoms with Gasteiger partial charge in [0, 0.05) is 38.3 Å². The number of hydrogen-bond donors (Lipinski definition) is 1. The Morgan fingerprint density at radius 3 is 2.32 bits per heavy atom. The first-order chi connectivity index (χ1) is 16.2. The number of amides is 1. The molecule has 2 rings (SSSR count). The molecule has 1 aliphatic heterocycles. The summed E-state index contributed by atoms with van der Waals surface area (Å²) in [7, 11) is 4.59. The molecule has 1 aromatic carbocycles. The van der Waals surface area contributed by atoms with Gasteiger partial charge < -0.3 is 33.7 Å². The average Bonchev–Trinajstić information content (AvgIpc) is 2.80. The minimum atomic E-state index is -0.561. The molecule has 9 heteroatoms. The maximum Gasteiger partial charge on any atom is 0.254 e. The Balaban J connectivity index is 2.13. The summed E-state index contributed by atoms with van der Waals surface area (Å²) >= 11 is 0. The molecule has 1 saturated heterocycles. The zero-order valence-corrected chi connectivity index (χ0v) is 21.7. The monoisotopic (exact) mass is 482 g/mol. The molecule has 194 valence electrons. The molecule has 1 amide bonds. The van der Waals surface area contributed by atoms with Crippen molar-refractivity contribution in [2.45, 2.75) is 46.0 Å². The fraction of sp³-hybridized carbons (Fsp3) is 0.720. The van der Waals surface area contributed by atoms with Crippen LogP contribution in [0.1, 0.15) is 38.1 Å². The third kappa shape index (κ3) is 8.30. The first-order valence-electron chi connectivity index (χ1n) is 11.9. The van der Waals surface area contributed by atoms with Crippen LogP contribution in [-0.2, 0) is 9.47 Å². The third-order valence-electron chi connectivity index (χ3n) is 5.52. The Labute approximate surface area is 203 Å². The lowest BCUT2D eigenvalue weighted by Gasteiger charge is -2.37. The second-order valence-electron chi connectivity index (χ2n) is 9.31. The molecule has 1 aromatic rings. The quantitative estimate of drug-likeness (QED) is 0.458. The van der Waals surface area contributed by atoms with Gasteiger partial charge in [-0.1, -0.05) is 13.8 Å². The molecule has 1 fully saturated rings. The number of β-amino-alcohol motifs (C(OH)–C–C–N with tert-alkyl or cyclic N) is 1. The van der Waals surface area contributed by atoms with E-state index in [1.165, 1.54) is 21.3 Å². The van der Waals surface area contributed by atoms with Crippen LogP contribution in [0.25, 0.3) is 0 Å². The van der Waals surface area contributed by atoms with Crippen LogP contribution in [0.15, 0.2) is 12.1 Å². The van der Waals surface area contributed by atoms with E-state index in [1.807, 2.05) is 18.7 Å². The van der Waals surface area contributed by atoms with Crippen molar-refractivity contribution >= 4 is 5.91 Å². The smallest absolute Gasteiger partial charge is 0.254 e. The van der Waals surface area contributed by atoms with Crippen LogP contribution in [-0.4, -0.2) is 106 Å². The maximum atomic E-state index is 13.5. The van der Waals surface area contributed by atoms with Gasteiger partial charge in [0.2, 0.25) is 5.75 Å². The van der Waals surface area contributed by atoms with Gasteiger partial charge in [-0.15, -0.1) is 0 Å². The third-order valence-corrected chi connectivity index (χ3v) is 5.52. The van der Waals surface area contributed by atoms with Crippen molar-refractivity contribution in [1.82, 2.24) is 9.80 Å². The van der Waals surface area contributed by atoms with Crippen LogP contribution in [0.4, 0.5) is 0 Å². The fourth-order valence-electron chi connectivity index (χ4n) is 4.03. The lowest BCUT2D eigenvalue weighted by atomic mass is 10.1. The molecule has 1 N–H and O–H groups in total. The van der Waals surface area contributed by atoms with Gasteiger partial charge in [-0.3, -0.25) is 9.69 Å². The van der Waals surface area contributed by atoms with Crippen molar-refractivity contribution in [3.8, 4) is 17.2 Å². The molecule has 0 spiro atoms. The summed E-state index contributed by atoms with van der Waals surface area (Å²) in [6.07, 6.45) is -0.636. The summed E-state index contributed by atoms with van der Waals surface area (Å²) in [6, 6.07) is 3.35. The van der Waals surface area contributed by atoms with Gasteiger partial charge in [-0.05, 0) is 31.9 Å². The maximum absolute atomic E-state index is 13.5. The number of rotatable bonds is 13. The normalized spacial score (nSPS) is 17.6. The van der Waals surface area contributed by atoms with Gasteiger partial charge >= 0.3 is 0 Å². The molecule has 2 atom stereocenters. The molecule has 0 radical (unpaired) electrons. The number of morpholine rings is 1. The van der Waals surface area contributed by atoms with Crippen molar-refractivity contribution in [2.75, 3.05) is 67.3 Å². The minimum absolute atomic E-state index is 0.0814. The number of carbonyl (C=O) groups excluding carboxylic acids is 1. The summed E-state index contributed by atoms with van der Waals surface area (Å²) in [5.74, 6) is 1.47. The molecular weight excluding hydrogens is 440 g/mol. The van der Waals surface area contributed by atoms with Crippen molar-refractivity contribution in [3.63, 3.8) is 0 Å². The molecule has 1 aliphatic rings. The van der Waals surface area contributed by atoms with Crippen LogP contribution in [0.3, 0.4) is 0 Å². The number of aliphatic hydroxyl groups is 1. The fourth-order valence-corrected chi connectivity index (χ4v) is 4.03. The van der Waals surface area contributed by atoms with Crippen LogP contribution in [0.2, 0.25) is 0 Å². The average molecular weight is 483 g/mol. The number of methoxy groups -OCH3 is 3. The number of carbonyl (C=O) groups is 1. The highest BCUT2D eigenvalue weighted by Gasteiger charge is 2.28. The zero-order valence-electron chi connectivity index (χ0n) is 21.7. The Kier molecular flexibility index (Phi) is 11.4. The van der Waals surface area contributed by atoms with Crippen LogP contribution < -0.4 is 14.2 Å². The standard InChI is InChI=1S/C25H42N2O7/c1-17(2)12-27(25(29)19-10-22(30-5)24(32-7)23(11-19)31-6)15-21-14-26(8-9-33-21)13-20(28)16-34-18(3)4/h10-11,17-18,20-21,28H,8-9,12-16H2,1-7H3/t20-,21+/m0/s1. The second-order valence-corrected chi connectivity index (χ2v) is 9.31. The highest BCUT2D eigenvalue weighted by Crippen LogP contribution is 2.38. The van der Waals surface area contributed by atoms with Crippen molar-refractivity contribution < 1.29 is 33.6 Å². The SMILES string of the molecule is COc1cc(C(=O)N(CC(C)C)C[C@H]2CN(C[C@H](O)COC(C)C)CCO2)cc(OC)c1OC. The lowest BCUT2D eigenvalue weighted by molar-refractivity contribution is -0.0631. The summed E-state index contributed by atoms with van der Waals surface area (Å²) in [5, 5.41) is 10.3. The molecule has 0 saturated carbocycles. The van der Waals surface area contributed by atoms with E-state index < -0.39 is 6.10 Å². The van der Waals surface area contributed by atoms with E-state index in [0.29, 0.717) is 62.2 Å². The van der Waals surface area contributed by atoms with Crippen molar-refractivity contribution in [1.29, 1.82) is 0 Å². The predicted octanol–water partition coefficient (Wildman–Crippen LogP) is 2.30. The Hall–Kier alpha value is -2.07. The minimum Gasteiger partial charge on any atom is -0.493 e. The second kappa shape index (κ2) is 13.7. The van der Waals surface area contributed by atoms with Gasteiger partial charge in [0.25, 0.3) is 5.91 Å². The zero-order chi connectivity index (χ0) is 25.3. The molecular formula is C25H42N2O7. The first-order valence-corrected chi connectivity index (χ1v) is 11.9. The topological polar surface area (TPSA) is 89.9 Å². The molecule has 0 aromatic heterocycles. The molecule has 1 heterocycles. The van der Waals surface area contributed by atoms with E-state index in [4.69, 9.17) is 23.7 Å². The Bertz CT molecular complexity index is 747. The van der Waals surface area contributed by atoms with E-state index in [1.54, 1.807) is 12.1 Å². The molecule has 0 aliphatic carbocycles. The summed E-state index contributed by atoms with van der Waals surface area (Å²) in [4.78, 5) is 17.5. The molecule has 0 bridgehead atoms. The number of ether oxygens (including phenoxy) is 5. The van der Waals surface area contributed by atoms with E-state index in [9.17, 15) is 9.90 Å². The molecule has 9 nitrogen and oxygen atoms in total. The Morgan fingerprint density at radius 1 is 1.15 bits per heavy atom. The summed E-state index contributed by atoms with van der Waals surface area (Å²) in [5.41, 5.74) is 0.462. The molecule has 34 heavy (non-hydrogen) atoms. The van der Waals surface area contributed by atoms with E-state index in [0.717, 1.165) is 6.54 Å². The van der Waals surface area contributed by atoms with Crippen LogP contribution in [0, 0.1) is 5.92 Å².